The van der Waals surface area contributed by atoms with Gasteiger partial charge in [-0.05, 0) is 13.0 Å². The number of ether oxygens (including phenoxy) is 1. The Morgan fingerprint density at radius 1 is 1.39 bits per heavy atom. The van der Waals surface area contributed by atoms with Crippen LogP contribution in [0.15, 0.2) is 35.2 Å². The Morgan fingerprint density at radius 3 is 2.87 bits per heavy atom. The first-order valence-electron chi connectivity index (χ1n) is 6.58. The third-order valence-corrected chi connectivity index (χ3v) is 3.08. The molecular formula is C14H10F3N3O3. The van der Waals surface area contributed by atoms with Gasteiger partial charge in [-0.3, -0.25) is 4.98 Å². The molecule has 0 N–H and O–H groups in total. The van der Waals surface area contributed by atoms with E-state index in [2.05, 4.69) is 14.8 Å². The molecule has 0 aromatic carbocycles. The van der Waals surface area contributed by atoms with E-state index >= 15 is 0 Å². The smallest absolute Gasteiger partial charge is 0.434 e. The van der Waals surface area contributed by atoms with Gasteiger partial charge in [0.1, 0.15) is 16.8 Å². The van der Waals surface area contributed by atoms with Crippen molar-refractivity contribution in [3.05, 3.63) is 42.0 Å². The van der Waals surface area contributed by atoms with Crippen LogP contribution in [0.2, 0.25) is 0 Å². The fourth-order valence-electron chi connectivity index (χ4n) is 2.19. The molecule has 0 aliphatic carbocycles. The minimum absolute atomic E-state index is 0.0304. The lowest BCUT2D eigenvalue weighted by Crippen LogP contribution is -2.18. The number of halogens is 3. The average molecular weight is 325 g/mol. The summed E-state index contributed by atoms with van der Waals surface area (Å²) in [5, 5.41) is 3.69. The van der Waals surface area contributed by atoms with Crippen molar-refractivity contribution in [2.24, 2.45) is 0 Å². The van der Waals surface area contributed by atoms with Gasteiger partial charge in [-0.15, -0.1) is 0 Å². The molecule has 0 saturated heterocycles. The van der Waals surface area contributed by atoms with Crippen LogP contribution in [0.4, 0.5) is 13.2 Å². The van der Waals surface area contributed by atoms with Crippen LogP contribution in [0.3, 0.4) is 0 Å². The van der Waals surface area contributed by atoms with E-state index in [1.54, 1.807) is 0 Å². The fourth-order valence-corrected chi connectivity index (χ4v) is 2.19. The maximum atomic E-state index is 13.4. The third-order valence-electron chi connectivity index (χ3n) is 3.08. The van der Waals surface area contributed by atoms with Crippen molar-refractivity contribution < 1.29 is 27.1 Å². The standard InChI is InChI=1S/C14H10F3N3O3/c1-2-22-13(21)8-7-19-20(12(8)14(15,16)17)10-3-5-18-9-4-6-23-11(9)10/h3-7H,2H2,1H3. The molecule has 3 aromatic heterocycles. The zero-order chi connectivity index (χ0) is 16.6. The van der Waals surface area contributed by atoms with Crippen LogP contribution in [0.25, 0.3) is 16.8 Å². The van der Waals surface area contributed by atoms with E-state index in [-0.39, 0.29) is 17.9 Å². The molecular weight excluding hydrogens is 315 g/mol. The molecule has 0 spiro atoms. The summed E-state index contributed by atoms with van der Waals surface area (Å²) in [5.74, 6) is -1.09. The second-order valence-electron chi connectivity index (χ2n) is 4.50. The number of hydrogen-bond acceptors (Lipinski definition) is 5. The van der Waals surface area contributed by atoms with Gasteiger partial charge < -0.3 is 9.15 Å². The molecule has 0 aliphatic heterocycles. The molecule has 0 fully saturated rings. The zero-order valence-corrected chi connectivity index (χ0v) is 11.8. The van der Waals surface area contributed by atoms with E-state index < -0.39 is 23.4 Å². The summed E-state index contributed by atoms with van der Waals surface area (Å²) in [4.78, 5) is 15.7. The molecule has 0 radical (unpaired) electrons. The quantitative estimate of drug-likeness (QED) is 0.692. The van der Waals surface area contributed by atoms with Gasteiger partial charge in [0.25, 0.3) is 0 Å². The van der Waals surface area contributed by atoms with Gasteiger partial charge in [0.05, 0.1) is 19.1 Å². The highest BCUT2D eigenvalue weighted by atomic mass is 19.4. The SMILES string of the molecule is CCOC(=O)c1cnn(-c2ccnc3ccoc23)c1C(F)(F)F. The first-order chi connectivity index (χ1) is 10.9. The molecule has 0 bridgehead atoms. The summed E-state index contributed by atoms with van der Waals surface area (Å²) in [6.07, 6.45) is -1.33. The number of alkyl halides is 3. The Hall–Kier alpha value is -2.84. The van der Waals surface area contributed by atoms with Gasteiger partial charge in [-0.2, -0.15) is 18.3 Å². The first-order valence-corrected chi connectivity index (χ1v) is 6.58. The first kappa shape index (κ1) is 15.1. The molecule has 23 heavy (non-hydrogen) atoms. The van der Waals surface area contributed by atoms with Crippen LogP contribution in [0.5, 0.6) is 0 Å². The molecule has 0 amide bonds. The fraction of sp³-hybridized carbons (Fsp3) is 0.214. The number of pyridine rings is 1. The van der Waals surface area contributed by atoms with E-state index in [1.807, 2.05) is 0 Å². The number of furan rings is 1. The monoisotopic (exact) mass is 325 g/mol. The van der Waals surface area contributed by atoms with Gasteiger partial charge >= 0.3 is 12.1 Å². The summed E-state index contributed by atoms with van der Waals surface area (Å²) < 4.78 is 50.8. The van der Waals surface area contributed by atoms with Crippen molar-refractivity contribution in [3.8, 4) is 5.69 Å². The molecule has 120 valence electrons. The van der Waals surface area contributed by atoms with E-state index in [0.29, 0.717) is 10.2 Å². The lowest BCUT2D eigenvalue weighted by atomic mass is 10.2. The molecule has 0 aliphatic rings. The molecule has 3 aromatic rings. The van der Waals surface area contributed by atoms with Crippen molar-refractivity contribution in [1.82, 2.24) is 14.8 Å². The van der Waals surface area contributed by atoms with Crippen molar-refractivity contribution in [1.29, 1.82) is 0 Å². The summed E-state index contributed by atoms with van der Waals surface area (Å²) in [5.41, 5.74) is -1.33. The maximum absolute atomic E-state index is 13.4. The Balaban J connectivity index is 2.24. The molecule has 3 heterocycles. The number of carbonyl (C=O) groups is 1. The van der Waals surface area contributed by atoms with Crippen LogP contribution in [0, 0.1) is 0 Å². The third kappa shape index (κ3) is 2.54. The van der Waals surface area contributed by atoms with Gasteiger partial charge in [-0.25, -0.2) is 9.48 Å². The topological polar surface area (TPSA) is 70.2 Å². The van der Waals surface area contributed by atoms with Crippen molar-refractivity contribution in [3.63, 3.8) is 0 Å². The minimum Gasteiger partial charge on any atom is -0.462 e. The molecule has 0 unspecified atom stereocenters. The second kappa shape index (κ2) is 5.41. The average Bonchev–Trinajstić information content (AvgIpc) is 3.13. The number of fused-ring (bicyclic) bond motifs is 1. The van der Waals surface area contributed by atoms with E-state index in [4.69, 9.17) is 4.42 Å². The van der Waals surface area contributed by atoms with Crippen LogP contribution in [0.1, 0.15) is 23.0 Å². The summed E-state index contributed by atoms with van der Waals surface area (Å²) in [7, 11) is 0. The normalized spacial score (nSPS) is 11.8. The van der Waals surface area contributed by atoms with Crippen molar-refractivity contribution >= 4 is 17.1 Å². The van der Waals surface area contributed by atoms with Gasteiger partial charge in [0, 0.05) is 12.3 Å². The van der Waals surface area contributed by atoms with Crippen LogP contribution < -0.4 is 0 Å². The van der Waals surface area contributed by atoms with E-state index in [1.165, 1.54) is 31.5 Å². The highest BCUT2D eigenvalue weighted by Crippen LogP contribution is 2.35. The van der Waals surface area contributed by atoms with Crippen LogP contribution in [-0.4, -0.2) is 27.3 Å². The molecule has 0 atom stereocenters. The minimum atomic E-state index is -4.80. The Labute approximate surface area is 127 Å². The highest BCUT2D eigenvalue weighted by Gasteiger charge is 2.41. The Morgan fingerprint density at radius 2 is 2.17 bits per heavy atom. The number of hydrogen-bond donors (Lipinski definition) is 0. The number of carbonyl (C=O) groups excluding carboxylic acids is 1. The lowest BCUT2D eigenvalue weighted by molar-refractivity contribution is -0.143. The summed E-state index contributed by atoms with van der Waals surface area (Å²) in [6, 6.07) is 2.84. The van der Waals surface area contributed by atoms with Gasteiger partial charge in [0.2, 0.25) is 0 Å². The molecule has 0 saturated carbocycles. The molecule has 3 rings (SSSR count). The van der Waals surface area contributed by atoms with E-state index in [0.717, 1.165) is 6.20 Å². The predicted molar refractivity (Wildman–Crippen MR) is 72.1 cm³/mol. The van der Waals surface area contributed by atoms with Gasteiger partial charge in [0.15, 0.2) is 11.3 Å². The highest BCUT2D eigenvalue weighted by molar-refractivity contribution is 5.91. The maximum Gasteiger partial charge on any atom is 0.434 e. The summed E-state index contributed by atoms with van der Waals surface area (Å²) in [6.45, 7) is 1.46. The van der Waals surface area contributed by atoms with Crippen molar-refractivity contribution in [2.45, 2.75) is 13.1 Å². The van der Waals surface area contributed by atoms with Crippen LogP contribution >= 0.6 is 0 Å². The molecule has 9 heteroatoms. The number of rotatable bonds is 3. The zero-order valence-electron chi connectivity index (χ0n) is 11.8. The van der Waals surface area contributed by atoms with E-state index in [9.17, 15) is 18.0 Å². The Kier molecular flexibility index (Phi) is 3.55. The molecule has 6 nitrogen and oxygen atoms in total. The number of aromatic nitrogens is 3. The number of nitrogens with zero attached hydrogens (tertiary/aromatic N) is 3. The summed E-state index contributed by atoms with van der Waals surface area (Å²) >= 11 is 0. The van der Waals surface area contributed by atoms with Crippen LogP contribution in [-0.2, 0) is 10.9 Å². The van der Waals surface area contributed by atoms with Crippen molar-refractivity contribution in [2.75, 3.05) is 6.61 Å². The largest absolute Gasteiger partial charge is 0.462 e. The second-order valence-corrected chi connectivity index (χ2v) is 4.50. The predicted octanol–water partition coefficient (Wildman–Crippen LogP) is 3.21. The number of esters is 1. The lowest BCUT2D eigenvalue weighted by Gasteiger charge is -2.12. The Bertz CT molecular complexity index is 867. The van der Waals surface area contributed by atoms with Gasteiger partial charge in [-0.1, -0.05) is 0 Å².